The van der Waals surface area contributed by atoms with Crippen molar-refractivity contribution in [1.29, 1.82) is 0 Å². The van der Waals surface area contributed by atoms with Crippen LogP contribution in [0.15, 0.2) is 48.8 Å². The smallest absolute Gasteiger partial charge is 0.335 e. The van der Waals surface area contributed by atoms with E-state index in [0.29, 0.717) is 30.9 Å². The number of alkyl halides is 3. The number of likely N-dealkylation sites (tertiary alicyclic amines) is 1. The number of hydrogen-bond acceptors (Lipinski definition) is 3. The predicted molar refractivity (Wildman–Crippen MR) is 114 cm³/mol. The first-order valence-electron chi connectivity index (χ1n) is 10.6. The minimum Gasteiger partial charge on any atom is -0.335 e. The summed E-state index contributed by atoms with van der Waals surface area (Å²) < 4.78 is 40.9. The molecule has 8 heteroatoms. The summed E-state index contributed by atoms with van der Waals surface area (Å²) in [7, 11) is 1.80. The third-order valence-corrected chi connectivity index (χ3v) is 5.83. The van der Waals surface area contributed by atoms with Gasteiger partial charge in [0.1, 0.15) is 0 Å². The van der Waals surface area contributed by atoms with Crippen LogP contribution in [0.4, 0.5) is 13.2 Å². The summed E-state index contributed by atoms with van der Waals surface area (Å²) >= 11 is 0. The van der Waals surface area contributed by atoms with E-state index in [9.17, 15) is 18.0 Å². The van der Waals surface area contributed by atoms with Gasteiger partial charge in [-0.2, -0.15) is 13.2 Å². The molecular weight excluding hydrogens is 417 g/mol. The van der Waals surface area contributed by atoms with Crippen LogP contribution in [0.5, 0.6) is 0 Å². The van der Waals surface area contributed by atoms with Gasteiger partial charge in [0.25, 0.3) is 5.91 Å². The van der Waals surface area contributed by atoms with Crippen molar-refractivity contribution in [3.05, 3.63) is 82.7 Å². The Hall–Kier alpha value is -3.16. The molecule has 3 heterocycles. The fourth-order valence-electron chi connectivity index (χ4n) is 4.29. The van der Waals surface area contributed by atoms with Gasteiger partial charge in [-0.3, -0.25) is 9.78 Å². The summed E-state index contributed by atoms with van der Waals surface area (Å²) in [5, 5.41) is 0. The molecule has 3 aromatic rings. The summed E-state index contributed by atoms with van der Waals surface area (Å²) in [6.07, 6.45) is 1.15. The number of pyridine rings is 1. The molecule has 1 atom stereocenters. The number of halogens is 3. The lowest BCUT2D eigenvalue weighted by Crippen LogP contribution is -2.40. The highest BCUT2D eigenvalue weighted by molar-refractivity contribution is 5.90. The second-order valence-corrected chi connectivity index (χ2v) is 8.37. The number of carbonyl (C=O) groups is 1. The summed E-state index contributed by atoms with van der Waals surface area (Å²) in [5.74, 6) is 0.389. The Morgan fingerprint density at radius 1 is 1.19 bits per heavy atom. The third-order valence-electron chi connectivity index (χ3n) is 5.83. The van der Waals surface area contributed by atoms with Crippen molar-refractivity contribution in [2.75, 3.05) is 13.1 Å². The molecule has 1 unspecified atom stereocenters. The fraction of sp³-hybridized carbons (Fsp3) is 0.375. The Bertz CT molecular complexity index is 1120. The van der Waals surface area contributed by atoms with E-state index in [0.717, 1.165) is 35.9 Å². The zero-order valence-electron chi connectivity index (χ0n) is 18.1. The van der Waals surface area contributed by atoms with Crippen LogP contribution < -0.4 is 0 Å². The minimum atomic E-state index is -4.36. The Labute approximate surface area is 184 Å². The van der Waals surface area contributed by atoms with Crippen molar-refractivity contribution in [2.24, 2.45) is 7.05 Å². The maximum absolute atomic E-state index is 13.1. The van der Waals surface area contributed by atoms with Crippen molar-refractivity contribution in [3.63, 3.8) is 0 Å². The SMILES string of the molecule is Cc1cc(Cc2cccc(C(F)(F)F)c2)cc(C2CCCN(C(=O)c3nccn3C)C2)n1. The van der Waals surface area contributed by atoms with E-state index < -0.39 is 11.7 Å². The van der Waals surface area contributed by atoms with Gasteiger partial charge in [0.15, 0.2) is 5.82 Å². The van der Waals surface area contributed by atoms with E-state index in [-0.39, 0.29) is 11.8 Å². The van der Waals surface area contributed by atoms with Gasteiger partial charge in [-0.25, -0.2) is 4.98 Å². The number of aromatic nitrogens is 3. The number of carbonyl (C=O) groups excluding carboxylic acids is 1. The van der Waals surface area contributed by atoms with Gasteiger partial charge < -0.3 is 9.47 Å². The highest BCUT2D eigenvalue weighted by Crippen LogP contribution is 2.31. The van der Waals surface area contributed by atoms with Crippen LogP contribution in [0.2, 0.25) is 0 Å². The monoisotopic (exact) mass is 442 g/mol. The molecule has 32 heavy (non-hydrogen) atoms. The van der Waals surface area contributed by atoms with Gasteiger partial charge in [0.05, 0.1) is 5.56 Å². The number of aryl methyl sites for hydroxylation is 2. The number of hydrogen-bond donors (Lipinski definition) is 0. The quantitative estimate of drug-likeness (QED) is 0.586. The second-order valence-electron chi connectivity index (χ2n) is 8.37. The number of piperidine rings is 1. The van der Waals surface area contributed by atoms with Crippen LogP contribution in [-0.2, 0) is 19.6 Å². The third kappa shape index (κ3) is 4.84. The van der Waals surface area contributed by atoms with E-state index in [2.05, 4.69) is 4.98 Å². The second kappa shape index (κ2) is 8.76. The number of imidazole rings is 1. The summed E-state index contributed by atoms with van der Waals surface area (Å²) in [4.78, 5) is 23.5. The first-order valence-corrected chi connectivity index (χ1v) is 10.6. The number of nitrogens with zero attached hydrogens (tertiary/aromatic N) is 4. The zero-order chi connectivity index (χ0) is 22.9. The Kier molecular flexibility index (Phi) is 6.04. The van der Waals surface area contributed by atoms with Gasteiger partial charge in [-0.1, -0.05) is 18.2 Å². The summed E-state index contributed by atoms with van der Waals surface area (Å²) in [6, 6.07) is 9.30. The topological polar surface area (TPSA) is 51.0 Å². The lowest BCUT2D eigenvalue weighted by molar-refractivity contribution is -0.137. The molecule has 2 aromatic heterocycles. The van der Waals surface area contributed by atoms with E-state index in [1.807, 2.05) is 24.0 Å². The number of rotatable bonds is 4. The molecule has 1 saturated heterocycles. The van der Waals surface area contributed by atoms with E-state index in [4.69, 9.17) is 4.98 Å². The van der Waals surface area contributed by atoms with Crippen molar-refractivity contribution < 1.29 is 18.0 Å². The normalized spacial score (nSPS) is 16.9. The molecule has 0 bridgehead atoms. The molecule has 1 aliphatic rings. The van der Waals surface area contributed by atoms with Crippen LogP contribution in [0, 0.1) is 6.92 Å². The molecule has 0 N–H and O–H groups in total. The Balaban J connectivity index is 1.54. The van der Waals surface area contributed by atoms with E-state index >= 15 is 0 Å². The van der Waals surface area contributed by atoms with E-state index in [1.54, 1.807) is 30.1 Å². The standard InChI is InChI=1S/C24H25F3N4O/c1-16-11-18(12-17-5-3-7-20(13-17)24(25,26)27)14-21(29-16)19-6-4-9-31(15-19)23(32)22-28-8-10-30(22)2/h3,5,7-8,10-11,13-14,19H,4,6,9,12,15H2,1-2H3. The van der Waals surface area contributed by atoms with Gasteiger partial charge in [-0.15, -0.1) is 0 Å². The van der Waals surface area contributed by atoms with Crippen molar-refractivity contribution in [2.45, 2.75) is 38.3 Å². The van der Waals surface area contributed by atoms with Crippen LogP contribution in [0.1, 0.15) is 57.5 Å². The summed E-state index contributed by atoms with van der Waals surface area (Å²) in [5.41, 5.74) is 2.57. The maximum atomic E-state index is 13.1. The molecule has 1 aromatic carbocycles. The predicted octanol–water partition coefficient (Wildman–Crippen LogP) is 4.75. The lowest BCUT2D eigenvalue weighted by Gasteiger charge is -2.32. The maximum Gasteiger partial charge on any atom is 0.416 e. The molecule has 0 radical (unpaired) electrons. The van der Waals surface area contributed by atoms with E-state index in [1.165, 1.54) is 12.1 Å². The average Bonchev–Trinajstić information content (AvgIpc) is 3.18. The van der Waals surface area contributed by atoms with Crippen LogP contribution in [0.3, 0.4) is 0 Å². The van der Waals surface area contributed by atoms with Crippen LogP contribution in [-0.4, -0.2) is 38.4 Å². The van der Waals surface area contributed by atoms with Crippen molar-refractivity contribution >= 4 is 5.91 Å². The molecule has 0 saturated carbocycles. The largest absolute Gasteiger partial charge is 0.416 e. The molecule has 1 fully saturated rings. The zero-order valence-corrected chi connectivity index (χ0v) is 18.1. The molecular formula is C24H25F3N4O. The molecule has 5 nitrogen and oxygen atoms in total. The lowest BCUT2D eigenvalue weighted by atomic mass is 9.92. The molecule has 1 amide bonds. The number of benzene rings is 1. The Morgan fingerprint density at radius 3 is 2.72 bits per heavy atom. The van der Waals surface area contributed by atoms with Gasteiger partial charge >= 0.3 is 6.18 Å². The highest BCUT2D eigenvalue weighted by Gasteiger charge is 2.31. The first kappa shape index (κ1) is 22.0. The van der Waals surface area contributed by atoms with Gasteiger partial charge in [0, 0.05) is 49.8 Å². The molecule has 4 rings (SSSR count). The molecule has 168 valence electrons. The molecule has 0 aliphatic carbocycles. The van der Waals surface area contributed by atoms with Crippen LogP contribution >= 0.6 is 0 Å². The fourth-order valence-corrected chi connectivity index (χ4v) is 4.29. The molecule has 1 aliphatic heterocycles. The first-order chi connectivity index (χ1) is 15.2. The van der Waals surface area contributed by atoms with Gasteiger partial charge in [-0.05, 0) is 55.5 Å². The number of amides is 1. The van der Waals surface area contributed by atoms with Gasteiger partial charge in [0.2, 0.25) is 0 Å². The average molecular weight is 442 g/mol. The Morgan fingerprint density at radius 2 is 2.00 bits per heavy atom. The molecule has 0 spiro atoms. The van der Waals surface area contributed by atoms with Crippen molar-refractivity contribution in [1.82, 2.24) is 19.4 Å². The summed E-state index contributed by atoms with van der Waals surface area (Å²) in [6.45, 7) is 3.11. The van der Waals surface area contributed by atoms with Crippen LogP contribution in [0.25, 0.3) is 0 Å². The minimum absolute atomic E-state index is 0.0770. The van der Waals surface area contributed by atoms with Crippen molar-refractivity contribution in [3.8, 4) is 0 Å². The highest BCUT2D eigenvalue weighted by atomic mass is 19.4.